The van der Waals surface area contributed by atoms with E-state index in [1.165, 1.54) is 7.11 Å². The quantitative estimate of drug-likeness (QED) is 0.455. The molecule has 27 heavy (non-hydrogen) atoms. The molecule has 7 nitrogen and oxygen atoms in total. The maximum absolute atomic E-state index is 12.6. The van der Waals surface area contributed by atoms with E-state index in [1.54, 1.807) is 16.8 Å². The van der Waals surface area contributed by atoms with Crippen LogP contribution in [-0.2, 0) is 20.9 Å². The first-order chi connectivity index (χ1) is 13.1. The van der Waals surface area contributed by atoms with Crippen LogP contribution in [0.4, 0.5) is 0 Å². The van der Waals surface area contributed by atoms with E-state index in [4.69, 9.17) is 4.74 Å². The van der Waals surface area contributed by atoms with Gasteiger partial charge in [-0.25, -0.2) is 0 Å². The molecule has 1 aliphatic rings. The molecule has 2 amide bonds. The Labute approximate surface area is 158 Å². The molecule has 2 aromatic rings. The predicted molar refractivity (Wildman–Crippen MR) is 102 cm³/mol. The molecule has 0 saturated carbocycles. The molecule has 1 aromatic carbocycles. The highest BCUT2D eigenvalue weighted by molar-refractivity contribution is 6.45. The van der Waals surface area contributed by atoms with Crippen molar-refractivity contribution in [2.45, 2.75) is 25.8 Å². The number of nitrogens with one attached hydrogen (secondary N) is 1. The molecule has 0 atom stereocenters. The zero-order valence-electron chi connectivity index (χ0n) is 15.6. The molecular weight excluding hydrogens is 346 g/mol. The summed E-state index contributed by atoms with van der Waals surface area (Å²) in [6.45, 7) is 2.34. The fourth-order valence-electron chi connectivity index (χ4n) is 3.42. The largest absolute Gasteiger partial charge is 0.383 e. The van der Waals surface area contributed by atoms with Gasteiger partial charge in [0.1, 0.15) is 6.54 Å². The third-order valence-corrected chi connectivity index (χ3v) is 4.85. The van der Waals surface area contributed by atoms with Crippen LogP contribution in [0.15, 0.2) is 30.5 Å². The van der Waals surface area contributed by atoms with Crippen LogP contribution in [0.5, 0.6) is 0 Å². The van der Waals surface area contributed by atoms with Gasteiger partial charge in [-0.15, -0.1) is 0 Å². The van der Waals surface area contributed by atoms with Crippen molar-refractivity contribution >= 4 is 28.5 Å². The lowest BCUT2D eigenvalue weighted by molar-refractivity contribution is -0.132. The summed E-state index contributed by atoms with van der Waals surface area (Å²) < 4.78 is 6.65. The van der Waals surface area contributed by atoms with Crippen molar-refractivity contribution in [1.82, 2.24) is 14.8 Å². The molecule has 1 saturated heterocycles. The Morgan fingerprint density at radius 1 is 1.11 bits per heavy atom. The first kappa shape index (κ1) is 19.1. The van der Waals surface area contributed by atoms with Crippen LogP contribution in [0, 0.1) is 0 Å². The molecule has 0 radical (unpaired) electrons. The number of methoxy groups -OCH3 is 1. The minimum absolute atomic E-state index is 0.0407. The van der Waals surface area contributed by atoms with E-state index < -0.39 is 11.7 Å². The summed E-state index contributed by atoms with van der Waals surface area (Å²) in [5.74, 6) is -1.23. The molecule has 0 spiro atoms. The summed E-state index contributed by atoms with van der Waals surface area (Å²) >= 11 is 0. The van der Waals surface area contributed by atoms with Crippen LogP contribution in [0.1, 0.15) is 29.6 Å². The van der Waals surface area contributed by atoms with Gasteiger partial charge < -0.3 is 19.5 Å². The number of para-hydroxylation sites is 1. The van der Waals surface area contributed by atoms with E-state index in [9.17, 15) is 14.4 Å². The van der Waals surface area contributed by atoms with Crippen molar-refractivity contribution < 1.29 is 19.1 Å². The second-order valence-electron chi connectivity index (χ2n) is 6.71. The molecule has 1 N–H and O–H groups in total. The average molecular weight is 371 g/mol. The van der Waals surface area contributed by atoms with E-state index in [1.807, 2.05) is 23.1 Å². The molecule has 1 aliphatic heterocycles. The molecule has 1 fully saturated rings. The molecule has 1 aromatic heterocycles. The number of piperidine rings is 1. The number of aromatic nitrogens is 1. The highest BCUT2D eigenvalue weighted by Crippen LogP contribution is 2.22. The lowest BCUT2D eigenvalue weighted by Gasteiger charge is -2.27. The second-order valence-corrected chi connectivity index (χ2v) is 6.71. The van der Waals surface area contributed by atoms with Gasteiger partial charge in [-0.1, -0.05) is 18.2 Å². The van der Waals surface area contributed by atoms with Gasteiger partial charge in [0.25, 0.3) is 11.7 Å². The number of ether oxygens (including phenoxy) is 1. The second kappa shape index (κ2) is 8.81. The SMILES string of the molecule is COCCNC(=O)C(=O)c1cn(CC(=O)N2CCCCC2)c2ccccc12. The summed E-state index contributed by atoms with van der Waals surface area (Å²) in [5.41, 5.74) is 1.09. The monoisotopic (exact) mass is 371 g/mol. The number of rotatable bonds is 7. The minimum atomic E-state index is -0.669. The topological polar surface area (TPSA) is 80.6 Å². The van der Waals surface area contributed by atoms with Crippen molar-refractivity contribution in [1.29, 1.82) is 0 Å². The van der Waals surface area contributed by atoms with Gasteiger partial charge in [-0.2, -0.15) is 0 Å². The Bertz CT molecular complexity index is 837. The molecule has 0 unspecified atom stereocenters. The summed E-state index contributed by atoms with van der Waals surface area (Å²) in [5, 5.41) is 3.23. The maximum Gasteiger partial charge on any atom is 0.292 e. The van der Waals surface area contributed by atoms with Crippen molar-refractivity contribution in [3.63, 3.8) is 0 Å². The van der Waals surface area contributed by atoms with Crippen LogP contribution < -0.4 is 5.32 Å². The number of nitrogens with zero attached hydrogens (tertiary/aromatic N) is 2. The van der Waals surface area contributed by atoms with Crippen molar-refractivity contribution in [3.05, 3.63) is 36.0 Å². The summed E-state index contributed by atoms with van der Waals surface area (Å²) in [6, 6.07) is 7.33. The molecule has 7 heteroatoms. The van der Waals surface area contributed by atoms with Gasteiger partial charge in [0.05, 0.1) is 12.2 Å². The third-order valence-electron chi connectivity index (χ3n) is 4.85. The Balaban J connectivity index is 1.81. The number of fused-ring (bicyclic) bond motifs is 1. The summed E-state index contributed by atoms with van der Waals surface area (Å²) in [7, 11) is 1.53. The van der Waals surface area contributed by atoms with Gasteiger partial charge in [0, 0.05) is 43.8 Å². The number of benzene rings is 1. The Morgan fingerprint density at radius 2 is 1.85 bits per heavy atom. The zero-order valence-corrected chi connectivity index (χ0v) is 15.6. The predicted octanol–water partition coefficient (Wildman–Crippen LogP) is 1.60. The first-order valence-electron chi connectivity index (χ1n) is 9.29. The van der Waals surface area contributed by atoms with Crippen LogP contribution in [0.25, 0.3) is 10.9 Å². The van der Waals surface area contributed by atoms with Gasteiger partial charge in [-0.05, 0) is 25.3 Å². The van der Waals surface area contributed by atoms with Gasteiger partial charge in [0.15, 0.2) is 0 Å². The molecule has 0 bridgehead atoms. The lowest BCUT2D eigenvalue weighted by Crippen LogP contribution is -2.37. The number of carbonyl (C=O) groups is 3. The number of hydrogen-bond donors (Lipinski definition) is 1. The number of hydrogen-bond acceptors (Lipinski definition) is 4. The van der Waals surface area contributed by atoms with Gasteiger partial charge in [-0.3, -0.25) is 14.4 Å². The molecule has 2 heterocycles. The number of likely N-dealkylation sites (tertiary alicyclic amines) is 1. The Morgan fingerprint density at radius 3 is 2.59 bits per heavy atom. The molecule has 0 aliphatic carbocycles. The van der Waals surface area contributed by atoms with Crippen LogP contribution in [-0.4, -0.2) is 60.4 Å². The van der Waals surface area contributed by atoms with E-state index in [0.29, 0.717) is 17.6 Å². The van der Waals surface area contributed by atoms with Crippen molar-refractivity contribution in [3.8, 4) is 0 Å². The zero-order chi connectivity index (χ0) is 19.2. The first-order valence-corrected chi connectivity index (χ1v) is 9.29. The van der Waals surface area contributed by atoms with Crippen molar-refractivity contribution in [2.75, 3.05) is 33.4 Å². The van der Waals surface area contributed by atoms with Crippen LogP contribution in [0.3, 0.4) is 0 Å². The Kier molecular flexibility index (Phi) is 6.24. The summed E-state index contributed by atoms with van der Waals surface area (Å²) in [4.78, 5) is 39.2. The van der Waals surface area contributed by atoms with E-state index >= 15 is 0 Å². The van der Waals surface area contributed by atoms with Gasteiger partial charge >= 0.3 is 0 Å². The number of carbonyl (C=O) groups excluding carboxylic acids is 3. The fraction of sp³-hybridized carbons (Fsp3) is 0.450. The van der Waals surface area contributed by atoms with E-state index in [2.05, 4.69) is 5.32 Å². The smallest absolute Gasteiger partial charge is 0.292 e. The summed E-state index contributed by atoms with van der Waals surface area (Å²) in [6.07, 6.45) is 4.84. The van der Waals surface area contributed by atoms with Gasteiger partial charge in [0.2, 0.25) is 5.91 Å². The average Bonchev–Trinajstić information content (AvgIpc) is 3.06. The standard InChI is InChI=1S/C20H25N3O4/c1-27-12-9-21-20(26)19(25)16-13-23(17-8-4-3-7-15(16)17)14-18(24)22-10-5-2-6-11-22/h3-4,7-8,13H,2,5-6,9-12,14H2,1H3,(H,21,26). The molecule has 144 valence electrons. The molecule has 3 rings (SSSR count). The third kappa shape index (κ3) is 4.36. The minimum Gasteiger partial charge on any atom is -0.383 e. The van der Waals surface area contributed by atoms with E-state index in [-0.39, 0.29) is 19.0 Å². The highest BCUT2D eigenvalue weighted by atomic mass is 16.5. The number of ketones is 1. The lowest BCUT2D eigenvalue weighted by atomic mass is 10.1. The van der Waals surface area contributed by atoms with Crippen LogP contribution in [0.2, 0.25) is 0 Å². The Hall–Kier alpha value is -2.67. The van der Waals surface area contributed by atoms with Crippen molar-refractivity contribution in [2.24, 2.45) is 0 Å². The highest BCUT2D eigenvalue weighted by Gasteiger charge is 2.23. The molecular formula is C20H25N3O4. The fourth-order valence-corrected chi connectivity index (χ4v) is 3.42. The normalized spacial score (nSPS) is 14.3. The van der Waals surface area contributed by atoms with E-state index in [0.717, 1.165) is 37.9 Å². The number of amides is 2. The number of Topliss-reactive ketones (excluding diaryl/α,β-unsaturated/α-hetero) is 1. The maximum atomic E-state index is 12.6. The van der Waals surface area contributed by atoms with Crippen LogP contribution >= 0.6 is 0 Å².